The van der Waals surface area contributed by atoms with Crippen LogP contribution in [0.25, 0.3) is 22.0 Å². The molecular weight excluding hydrogens is 497 g/mol. The van der Waals surface area contributed by atoms with Gasteiger partial charge in [-0.15, -0.1) is 0 Å². The van der Waals surface area contributed by atoms with Crippen LogP contribution < -0.4 is 19.7 Å². The molecule has 0 fully saturated rings. The van der Waals surface area contributed by atoms with E-state index in [1.807, 2.05) is 13.8 Å². The van der Waals surface area contributed by atoms with Crippen molar-refractivity contribution in [2.75, 3.05) is 36.1 Å². The van der Waals surface area contributed by atoms with Crippen LogP contribution >= 0.6 is 0 Å². The first-order valence-corrected chi connectivity index (χ1v) is 14.1. The van der Waals surface area contributed by atoms with Crippen molar-refractivity contribution in [3.05, 3.63) is 42.0 Å². The first kappa shape index (κ1) is 26.7. The summed E-state index contributed by atoms with van der Waals surface area (Å²) in [6, 6.07) is 4.84. The Hall–Kier alpha value is -3.31. The minimum atomic E-state index is -3.65. The largest absolute Gasteiger partial charge is 0.475 e. The lowest BCUT2D eigenvalue weighted by Gasteiger charge is -2.24. The van der Waals surface area contributed by atoms with E-state index in [4.69, 9.17) is 4.74 Å². The van der Waals surface area contributed by atoms with Crippen molar-refractivity contribution in [2.45, 2.75) is 45.6 Å². The van der Waals surface area contributed by atoms with E-state index < -0.39 is 15.8 Å². The lowest BCUT2D eigenvalue weighted by Crippen LogP contribution is -2.28. The molecule has 1 amide bonds. The van der Waals surface area contributed by atoms with E-state index in [-0.39, 0.29) is 35.7 Å². The Morgan fingerprint density at radius 3 is 2.62 bits per heavy atom. The number of benzene rings is 1. The molecule has 0 aliphatic carbocycles. The van der Waals surface area contributed by atoms with Gasteiger partial charge in [0.15, 0.2) is 0 Å². The summed E-state index contributed by atoms with van der Waals surface area (Å²) in [7, 11) is -1.92. The van der Waals surface area contributed by atoms with Crippen LogP contribution in [0, 0.1) is 5.82 Å². The Kier molecular flexibility index (Phi) is 7.93. The average molecular weight is 530 g/mol. The zero-order chi connectivity index (χ0) is 26.7. The van der Waals surface area contributed by atoms with Gasteiger partial charge in [-0.2, -0.15) is 0 Å². The molecule has 0 atom stereocenters. The number of amides is 1. The van der Waals surface area contributed by atoms with Crippen molar-refractivity contribution in [2.24, 2.45) is 0 Å². The highest BCUT2D eigenvalue weighted by Gasteiger charge is 2.22. The maximum atomic E-state index is 15.3. The molecule has 2 N–H and O–H groups in total. The van der Waals surface area contributed by atoms with Crippen LogP contribution in [0.3, 0.4) is 0 Å². The lowest BCUT2D eigenvalue weighted by atomic mass is 9.95. The number of halogens is 1. The highest BCUT2D eigenvalue weighted by Crippen LogP contribution is 2.36. The Bertz CT molecular complexity index is 1430. The zero-order valence-electron chi connectivity index (χ0n) is 21.5. The summed E-state index contributed by atoms with van der Waals surface area (Å²) < 4.78 is 47.5. The van der Waals surface area contributed by atoms with Gasteiger partial charge < -0.3 is 15.0 Å². The number of hydrogen-bond acceptors (Lipinski definition) is 7. The summed E-state index contributed by atoms with van der Waals surface area (Å²) in [6.07, 6.45) is 6.93. The fourth-order valence-electron chi connectivity index (χ4n) is 4.39. The molecule has 2 aromatic heterocycles. The number of nitrogens with zero attached hydrogens (tertiary/aromatic N) is 3. The lowest BCUT2D eigenvalue weighted by molar-refractivity contribution is -0.118. The number of carbonyl (C=O) groups excluding carboxylic acids is 1. The molecule has 11 heteroatoms. The fourth-order valence-corrected chi connectivity index (χ4v) is 4.94. The molecule has 0 bridgehead atoms. The van der Waals surface area contributed by atoms with Gasteiger partial charge in [-0.3, -0.25) is 14.5 Å². The number of rotatable bonds is 8. The van der Waals surface area contributed by atoms with E-state index >= 15 is 4.39 Å². The minimum Gasteiger partial charge on any atom is -0.475 e. The van der Waals surface area contributed by atoms with Gasteiger partial charge in [0.05, 0.1) is 23.7 Å². The number of aromatic nitrogens is 2. The zero-order valence-corrected chi connectivity index (χ0v) is 22.3. The van der Waals surface area contributed by atoms with Crippen LogP contribution in [0.4, 0.5) is 15.8 Å². The van der Waals surface area contributed by atoms with E-state index in [1.165, 1.54) is 18.3 Å². The Morgan fingerprint density at radius 1 is 1.14 bits per heavy atom. The van der Waals surface area contributed by atoms with Crippen LogP contribution in [0.5, 0.6) is 5.88 Å². The third kappa shape index (κ3) is 6.34. The predicted molar refractivity (Wildman–Crippen MR) is 143 cm³/mol. The summed E-state index contributed by atoms with van der Waals surface area (Å²) in [4.78, 5) is 22.8. The number of carbonyl (C=O) groups is 1. The van der Waals surface area contributed by atoms with Crippen molar-refractivity contribution >= 4 is 38.2 Å². The van der Waals surface area contributed by atoms with Crippen LogP contribution in [0.15, 0.2) is 30.6 Å². The normalized spacial score (nSPS) is 14.4. The summed E-state index contributed by atoms with van der Waals surface area (Å²) in [6.45, 7) is 4.84. The van der Waals surface area contributed by atoms with Crippen molar-refractivity contribution in [3.8, 4) is 17.0 Å². The number of sulfonamides is 1. The van der Waals surface area contributed by atoms with E-state index in [2.05, 4.69) is 20.0 Å². The predicted octanol–water partition coefficient (Wildman–Crippen LogP) is 3.87. The van der Waals surface area contributed by atoms with E-state index in [0.717, 1.165) is 36.5 Å². The van der Waals surface area contributed by atoms with Crippen molar-refractivity contribution in [1.29, 1.82) is 0 Å². The quantitative estimate of drug-likeness (QED) is 0.426. The van der Waals surface area contributed by atoms with Gasteiger partial charge in [0, 0.05) is 54.8 Å². The van der Waals surface area contributed by atoms with Gasteiger partial charge in [-0.05, 0) is 37.0 Å². The topological polar surface area (TPSA) is 114 Å². The van der Waals surface area contributed by atoms with Crippen molar-refractivity contribution in [1.82, 2.24) is 15.3 Å². The molecule has 3 heterocycles. The highest BCUT2D eigenvalue weighted by molar-refractivity contribution is 7.92. The Morgan fingerprint density at radius 2 is 1.89 bits per heavy atom. The number of anilines is 2. The van der Waals surface area contributed by atoms with Gasteiger partial charge in [-0.25, -0.2) is 17.8 Å². The average Bonchev–Trinajstić information content (AvgIpc) is 2.82. The second-order valence-electron chi connectivity index (χ2n) is 9.54. The summed E-state index contributed by atoms with van der Waals surface area (Å²) in [5, 5.41) is 3.96. The van der Waals surface area contributed by atoms with E-state index in [9.17, 15) is 13.2 Å². The molecule has 0 radical (unpaired) electrons. The van der Waals surface area contributed by atoms with Gasteiger partial charge in [0.1, 0.15) is 18.1 Å². The van der Waals surface area contributed by atoms with E-state index in [0.29, 0.717) is 29.7 Å². The molecule has 198 valence electrons. The molecule has 9 nitrogen and oxygen atoms in total. The minimum absolute atomic E-state index is 0.0179. The van der Waals surface area contributed by atoms with Gasteiger partial charge in [0.2, 0.25) is 21.8 Å². The maximum Gasteiger partial charge on any atom is 0.238 e. The Labute approximate surface area is 216 Å². The van der Waals surface area contributed by atoms with Crippen molar-refractivity contribution in [3.63, 3.8) is 0 Å². The monoisotopic (exact) mass is 529 g/mol. The first-order valence-electron chi connectivity index (χ1n) is 12.3. The number of aryl methyl sites for hydroxylation is 1. The van der Waals surface area contributed by atoms with Crippen LogP contribution in [-0.4, -0.2) is 56.8 Å². The number of pyridine rings is 2. The van der Waals surface area contributed by atoms with Crippen LogP contribution in [0.1, 0.15) is 38.7 Å². The van der Waals surface area contributed by atoms with Crippen molar-refractivity contribution < 1.29 is 22.3 Å². The molecule has 3 aromatic rings. The molecule has 4 rings (SSSR count). The molecule has 1 aliphatic heterocycles. The van der Waals surface area contributed by atoms with E-state index in [1.54, 1.807) is 24.2 Å². The SMILES string of the molecule is CC(C)NCCOc1ncc(-c2cc3c4c(cnc3cc2F)N(C)C(=O)CCCC4)cc1NS(C)(=O)=O. The molecule has 0 saturated carbocycles. The molecular formula is C26H32FN5O4S. The first-order chi connectivity index (χ1) is 17.5. The second kappa shape index (κ2) is 11.0. The summed E-state index contributed by atoms with van der Waals surface area (Å²) in [5.74, 6) is -0.394. The second-order valence-corrected chi connectivity index (χ2v) is 11.3. The van der Waals surface area contributed by atoms with Gasteiger partial charge in [-0.1, -0.05) is 13.8 Å². The molecule has 0 unspecified atom stereocenters. The molecule has 1 aromatic carbocycles. The maximum absolute atomic E-state index is 15.3. The highest BCUT2D eigenvalue weighted by atomic mass is 32.2. The summed E-state index contributed by atoms with van der Waals surface area (Å²) >= 11 is 0. The number of nitrogens with one attached hydrogen (secondary N) is 2. The summed E-state index contributed by atoms with van der Waals surface area (Å²) in [5.41, 5.74) is 2.88. The standard InChI is InChI=1S/C26H32FN5O4S/c1-16(2)28-9-10-36-26-23(31-37(4,34)35)11-17(14-30-26)19-12-20-18-7-5-6-8-25(33)32(3)24(18)15-29-22(20)13-21(19)27/h11-16,28,31H,5-10H2,1-4H3. The van der Waals surface area contributed by atoms with Gasteiger partial charge >= 0.3 is 0 Å². The fraction of sp³-hybridized carbons (Fsp3) is 0.423. The van der Waals surface area contributed by atoms with Crippen LogP contribution in [0.2, 0.25) is 0 Å². The molecule has 0 saturated heterocycles. The third-order valence-electron chi connectivity index (χ3n) is 6.20. The number of hydrogen-bond donors (Lipinski definition) is 2. The molecule has 37 heavy (non-hydrogen) atoms. The third-order valence-corrected chi connectivity index (χ3v) is 6.79. The Balaban J connectivity index is 1.77. The van der Waals surface area contributed by atoms with Gasteiger partial charge in [0.25, 0.3) is 0 Å². The molecule has 0 spiro atoms. The molecule has 1 aliphatic rings. The smallest absolute Gasteiger partial charge is 0.238 e. The van der Waals surface area contributed by atoms with Crippen LogP contribution in [-0.2, 0) is 21.2 Å². The number of fused-ring (bicyclic) bond motifs is 3. The number of ether oxygens (including phenoxy) is 1.